The van der Waals surface area contributed by atoms with Crippen LogP contribution < -0.4 is 10.1 Å². The maximum Gasteiger partial charge on any atom is 0.120 e. The van der Waals surface area contributed by atoms with E-state index in [-0.39, 0.29) is 0 Å². The molecule has 15 heavy (non-hydrogen) atoms. The lowest BCUT2D eigenvalue weighted by molar-refractivity contribution is 0.303. The van der Waals surface area contributed by atoms with Crippen molar-refractivity contribution in [3.8, 4) is 5.75 Å². The molecule has 0 saturated heterocycles. The van der Waals surface area contributed by atoms with Gasteiger partial charge in [-0.25, -0.2) is 0 Å². The molecule has 0 spiro atoms. The van der Waals surface area contributed by atoms with E-state index in [0.29, 0.717) is 6.10 Å². The zero-order chi connectivity index (χ0) is 10.1. The molecule has 1 aromatic carbocycles. The van der Waals surface area contributed by atoms with Gasteiger partial charge in [0.25, 0.3) is 0 Å². The van der Waals surface area contributed by atoms with E-state index in [2.05, 4.69) is 29.6 Å². The summed E-state index contributed by atoms with van der Waals surface area (Å²) in [6.07, 6.45) is 5.16. The molecule has 1 aliphatic carbocycles. The van der Waals surface area contributed by atoms with Gasteiger partial charge < -0.3 is 10.1 Å². The second-order valence-corrected chi connectivity index (χ2v) is 4.21. The molecule has 1 saturated carbocycles. The molecule has 0 unspecified atom stereocenters. The van der Waals surface area contributed by atoms with Crippen LogP contribution in [0.4, 0.5) is 0 Å². The summed E-state index contributed by atoms with van der Waals surface area (Å²) in [7, 11) is 0. The highest BCUT2D eigenvalue weighted by Gasteiger charge is 2.23. The van der Waals surface area contributed by atoms with Gasteiger partial charge in [0.2, 0.25) is 0 Å². The summed E-state index contributed by atoms with van der Waals surface area (Å²) in [6.45, 7) is 1.97. The molecular formula is C13H15NO. The number of benzene rings is 1. The van der Waals surface area contributed by atoms with Gasteiger partial charge in [-0.15, -0.1) is 0 Å². The van der Waals surface area contributed by atoms with Crippen LogP contribution in [0.5, 0.6) is 5.75 Å². The van der Waals surface area contributed by atoms with Crippen molar-refractivity contribution in [2.45, 2.75) is 18.9 Å². The minimum atomic E-state index is 0.482. The monoisotopic (exact) mass is 201 g/mol. The van der Waals surface area contributed by atoms with Crippen LogP contribution in [0.2, 0.25) is 0 Å². The van der Waals surface area contributed by atoms with Crippen LogP contribution in [-0.2, 0) is 0 Å². The van der Waals surface area contributed by atoms with E-state index >= 15 is 0 Å². The van der Waals surface area contributed by atoms with Gasteiger partial charge >= 0.3 is 0 Å². The summed E-state index contributed by atoms with van der Waals surface area (Å²) in [6, 6.07) is 8.42. The van der Waals surface area contributed by atoms with Gasteiger partial charge in [-0.2, -0.15) is 0 Å². The Morgan fingerprint density at radius 1 is 1.27 bits per heavy atom. The average molecular weight is 201 g/mol. The van der Waals surface area contributed by atoms with E-state index in [4.69, 9.17) is 4.74 Å². The van der Waals surface area contributed by atoms with Gasteiger partial charge in [0.1, 0.15) is 5.75 Å². The summed E-state index contributed by atoms with van der Waals surface area (Å²) < 4.78 is 5.78. The Morgan fingerprint density at radius 3 is 2.93 bits per heavy atom. The molecule has 2 nitrogen and oxygen atoms in total. The zero-order valence-electron chi connectivity index (χ0n) is 8.70. The van der Waals surface area contributed by atoms with Crippen LogP contribution in [0.3, 0.4) is 0 Å². The fourth-order valence-corrected chi connectivity index (χ4v) is 1.84. The van der Waals surface area contributed by atoms with Crippen molar-refractivity contribution in [3.05, 3.63) is 35.9 Å². The molecule has 0 amide bonds. The number of nitrogens with one attached hydrogen (secondary N) is 1. The van der Waals surface area contributed by atoms with Crippen LogP contribution in [0.1, 0.15) is 18.4 Å². The van der Waals surface area contributed by atoms with Crippen molar-refractivity contribution in [3.63, 3.8) is 0 Å². The molecule has 0 aromatic heterocycles. The Kier molecular flexibility index (Phi) is 2.22. The van der Waals surface area contributed by atoms with Crippen molar-refractivity contribution in [1.82, 2.24) is 5.32 Å². The summed E-state index contributed by atoms with van der Waals surface area (Å²) in [5.74, 6) is 1.02. The Labute approximate surface area is 89.9 Å². The topological polar surface area (TPSA) is 21.3 Å². The molecule has 0 bridgehead atoms. The fraction of sp³-hybridized carbons (Fsp3) is 0.385. The van der Waals surface area contributed by atoms with Crippen molar-refractivity contribution in [2.75, 3.05) is 13.1 Å². The van der Waals surface area contributed by atoms with E-state index in [9.17, 15) is 0 Å². The van der Waals surface area contributed by atoms with Crippen molar-refractivity contribution in [2.24, 2.45) is 0 Å². The van der Waals surface area contributed by atoms with Crippen LogP contribution in [0, 0.1) is 0 Å². The lowest BCUT2D eigenvalue weighted by Crippen LogP contribution is -2.07. The van der Waals surface area contributed by atoms with Crippen LogP contribution in [-0.4, -0.2) is 19.2 Å². The average Bonchev–Trinajstić information content (AvgIpc) is 2.91. The zero-order valence-corrected chi connectivity index (χ0v) is 8.70. The van der Waals surface area contributed by atoms with Gasteiger partial charge in [-0.05, 0) is 36.1 Å². The third kappa shape index (κ3) is 2.05. The molecule has 1 aromatic rings. The molecule has 1 N–H and O–H groups in total. The number of hydrogen-bond acceptors (Lipinski definition) is 2. The van der Waals surface area contributed by atoms with E-state index in [1.165, 1.54) is 24.0 Å². The van der Waals surface area contributed by atoms with Crippen LogP contribution in [0.25, 0.3) is 5.57 Å². The Balaban J connectivity index is 1.81. The third-order valence-corrected chi connectivity index (χ3v) is 2.84. The summed E-state index contributed by atoms with van der Waals surface area (Å²) in [5.41, 5.74) is 2.68. The maximum atomic E-state index is 5.78. The van der Waals surface area contributed by atoms with Gasteiger partial charge in [-0.1, -0.05) is 18.2 Å². The van der Waals surface area contributed by atoms with E-state index in [0.717, 1.165) is 18.8 Å². The van der Waals surface area contributed by atoms with Crippen molar-refractivity contribution < 1.29 is 4.74 Å². The molecule has 0 radical (unpaired) electrons. The number of ether oxygens (including phenoxy) is 1. The molecule has 1 aliphatic heterocycles. The first-order valence-corrected chi connectivity index (χ1v) is 5.59. The van der Waals surface area contributed by atoms with Crippen molar-refractivity contribution >= 4 is 5.57 Å². The molecule has 1 fully saturated rings. The minimum Gasteiger partial charge on any atom is -0.490 e. The molecule has 3 rings (SSSR count). The van der Waals surface area contributed by atoms with Gasteiger partial charge in [-0.3, -0.25) is 0 Å². The number of hydrogen-bond donors (Lipinski definition) is 1. The largest absolute Gasteiger partial charge is 0.490 e. The van der Waals surface area contributed by atoms with E-state index in [1.54, 1.807) is 0 Å². The second kappa shape index (κ2) is 3.70. The molecule has 2 aliphatic rings. The molecular weight excluding hydrogens is 186 g/mol. The third-order valence-electron chi connectivity index (χ3n) is 2.84. The maximum absolute atomic E-state index is 5.78. The lowest BCUT2D eigenvalue weighted by atomic mass is 10.1. The summed E-state index contributed by atoms with van der Waals surface area (Å²) in [4.78, 5) is 0. The van der Waals surface area contributed by atoms with Crippen molar-refractivity contribution in [1.29, 1.82) is 0 Å². The first-order valence-electron chi connectivity index (χ1n) is 5.59. The first-order chi connectivity index (χ1) is 7.42. The van der Waals surface area contributed by atoms with Gasteiger partial charge in [0.05, 0.1) is 6.10 Å². The second-order valence-electron chi connectivity index (χ2n) is 4.21. The number of rotatable bonds is 3. The predicted octanol–water partition coefficient (Wildman–Crippen LogP) is 2.21. The molecule has 78 valence electrons. The first kappa shape index (κ1) is 8.98. The van der Waals surface area contributed by atoms with E-state index < -0.39 is 0 Å². The summed E-state index contributed by atoms with van der Waals surface area (Å²) >= 11 is 0. The Bertz CT molecular complexity index is 393. The smallest absolute Gasteiger partial charge is 0.120 e. The minimum absolute atomic E-state index is 0.482. The SMILES string of the molecule is C1=C(c2cccc(OC3CC3)c2)CNC1. The molecule has 0 atom stereocenters. The Morgan fingerprint density at radius 2 is 2.20 bits per heavy atom. The quantitative estimate of drug-likeness (QED) is 0.809. The fourth-order valence-electron chi connectivity index (χ4n) is 1.84. The lowest BCUT2D eigenvalue weighted by Gasteiger charge is -2.07. The normalized spacial score (nSPS) is 20.1. The molecule has 2 heteroatoms. The van der Waals surface area contributed by atoms with E-state index in [1.807, 2.05) is 6.07 Å². The van der Waals surface area contributed by atoms with Gasteiger partial charge in [0.15, 0.2) is 0 Å². The standard InChI is InChI=1S/C13H15NO/c1-2-10(11-6-7-14-9-11)8-13(3-1)15-12-4-5-12/h1-3,6,8,12,14H,4-5,7,9H2. The Hall–Kier alpha value is -1.28. The highest BCUT2D eigenvalue weighted by Crippen LogP contribution is 2.28. The van der Waals surface area contributed by atoms with Crippen LogP contribution in [0.15, 0.2) is 30.3 Å². The van der Waals surface area contributed by atoms with Gasteiger partial charge in [0, 0.05) is 13.1 Å². The van der Waals surface area contributed by atoms with Crippen LogP contribution >= 0.6 is 0 Å². The molecule has 1 heterocycles. The predicted molar refractivity (Wildman–Crippen MR) is 60.9 cm³/mol. The highest BCUT2D eigenvalue weighted by molar-refractivity contribution is 5.69. The summed E-state index contributed by atoms with van der Waals surface area (Å²) in [5, 5.41) is 3.31. The highest BCUT2D eigenvalue weighted by atomic mass is 16.5.